The first-order valence-electron chi connectivity index (χ1n) is 5.18. The summed E-state index contributed by atoms with van der Waals surface area (Å²) in [5.74, 6) is 0.520. The second-order valence-electron chi connectivity index (χ2n) is 3.72. The van der Waals surface area contributed by atoms with Crippen LogP contribution in [-0.2, 0) is 0 Å². The van der Waals surface area contributed by atoms with Gasteiger partial charge in [0, 0.05) is 16.8 Å². The summed E-state index contributed by atoms with van der Waals surface area (Å²) in [6.45, 7) is 0. The summed E-state index contributed by atoms with van der Waals surface area (Å²) in [6.07, 6.45) is 0. The van der Waals surface area contributed by atoms with E-state index in [4.69, 9.17) is 14.5 Å². The van der Waals surface area contributed by atoms with Crippen molar-refractivity contribution in [3.8, 4) is 5.75 Å². The van der Waals surface area contributed by atoms with Gasteiger partial charge in [-0.2, -0.15) is 0 Å². The minimum atomic E-state index is 0.360. The SMILES string of the molecule is COc1cc2c(cc1[N+]#N)oc1ccccc12. The minimum absolute atomic E-state index is 0.360. The number of rotatable bonds is 1. The van der Waals surface area contributed by atoms with Gasteiger partial charge in [-0.05, 0) is 6.07 Å². The molecule has 0 saturated carbocycles. The molecule has 3 rings (SSSR count). The van der Waals surface area contributed by atoms with Gasteiger partial charge in [-0.1, -0.05) is 18.2 Å². The van der Waals surface area contributed by atoms with Crippen molar-refractivity contribution in [2.75, 3.05) is 7.11 Å². The van der Waals surface area contributed by atoms with Crippen molar-refractivity contribution in [1.82, 2.24) is 0 Å². The first-order chi connectivity index (χ1) is 8.33. The van der Waals surface area contributed by atoms with Gasteiger partial charge in [-0.15, -0.1) is 0 Å². The van der Waals surface area contributed by atoms with E-state index >= 15 is 0 Å². The van der Waals surface area contributed by atoms with Gasteiger partial charge in [0.15, 0.2) is 4.98 Å². The van der Waals surface area contributed by atoms with E-state index in [-0.39, 0.29) is 0 Å². The third-order valence-electron chi connectivity index (χ3n) is 2.79. The van der Waals surface area contributed by atoms with Gasteiger partial charge in [-0.25, -0.2) is 0 Å². The smallest absolute Gasteiger partial charge is 0.430 e. The lowest BCUT2D eigenvalue weighted by atomic mass is 10.1. The second-order valence-corrected chi connectivity index (χ2v) is 3.72. The molecular weight excluding hydrogens is 216 g/mol. The number of ether oxygens (including phenoxy) is 1. The Balaban J connectivity index is 2.47. The maximum Gasteiger partial charge on any atom is 0.430 e. The molecule has 2 aromatic carbocycles. The van der Waals surface area contributed by atoms with Crippen molar-refractivity contribution in [3.05, 3.63) is 41.4 Å². The predicted octanol–water partition coefficient (Wildman–Crippen LogP) is 4.08. The Morgan fingerprint density at radius 1 is 1.12 bits per heavy atom. The Labute approximate surface area is 97.0 Å². The lowest BCUT2D eigenvalue weighted by Crippen LogP contribution is -1.82. The number of hydrogen-bond donors (Lipinski definition) is 0. The van der Waals surface area contributed by atoms with Crippen molar-refractivity contribution in [1.29, 1.82) is 5.39 Å². The maximum atomic E-state index is 8.89. The molecule has 4 nitrogen and oxygen atoms in total. The van der Waals surface area contributed by atoms with E-state index in [1.165, 1.54) is 7.11 Å². The molecular formula is C13H9N2O2+. The fraction of sp³-hybridized carbons (Fsp3) is 0.0769. The number of benzene rings is 2. The van der Waals surface area contributed by atoms with E-state index in [1.54, 1.807) is 6.07 Å². The fourth-order valence-electron chi connectivity index (χ4n) is 1.98. The molecule has 0 aliphatic carbocycles. The summed E-state index contributed by atoms with van der Waals surface area (Å²) in [5, 5.41) is 10.9. The van der Waals surface area contributed by atoms with Crippen LogP contribution in [-0.4, -0.2) is 7.11 Å². The number of para-hydroxylation sites is 1. The molecule has 0 saturated heterocycles. The predicted molar refractivity (Wildman–Crippen MR) is 65.0 cm³/mol. The van der Waals surface area contributed by atoms with E-state index in [1.807, 2.05) is 30.3 Å². The van der Waals surface area contributed by atoms with E-state index in [9.17, 15) is 0 Å². The molecule has 0 aliphatic heterocycles. The molecule has 0 spiro atoms. The van der Waals surface area contributed by atoms with Crippen molar-refractivity contribution in [2.24, 2.45) is 0 Å². The van der Waals surface area contributed by atoms with Crippen LogP contribution in [0.15, 0.2) is 40.8 Å². The Hall–Kier alpha value is -2.54. The largest absolute Gasteiger partial charge is 0.489 e. The van der Waals surface area contributed by atoms with Crippen molar-refractivity contribution >= 4 is 27.6 Å². The molecule has 0 unspecified atom stereocenters. The summed E-state index contributed by atoms with van der Waals surface area (Å²) >= 11 is 0. The number of hydrogen-bond acceptors (Lipinski definition) is 3. The van der Waals surface area contributed by atoms with E-state index in [0.717, 1.165) is 16.4 Å². The quantitative estimate of drug-likeness (QED) is 0.586. The Morgan fingerprint density at radius 3 is 2.71 bits per heavy atom. The lowest BCUT2D eigenvalue weighted by molar-refractivity contribution is 0.418. The van der Waals surface area contributed by atoms with Gasteiger partial charge in [0.2, 0.25) is 11.1 Å². The third-order valence-corrected chi connectivity index (χ3v) is 2.79. The molecule has 0 fully saturated rings. The highest BCUT2D eigenvalue weighted by Crippen LogP contribution is 2.37. The van der Waals surface area contributed by atoms with Crippen LogP contribution in [0.3, 0.4) is 0 Å². The van der Waals surface area contributed by atoms with Crippen LogP contribution in [0.2, 0.25) is 0 Å². The Bertz CT molecular complexity index is 753. The van der Waals surface area contributed by atoms with E-state index in [0.29, 0.717) is 17.0 Å². The van der Waals surface area contributed by atoms with Crippen molar-refractivity contribution < 1.29 is 9.15 Å². The molecule has 1 heterocycles. The standard InChI is InChI=1S/C13H9N2O2/c1-16-13-6-9-8-4-2-3-5-11(8)17-12(9)7-10(13)15-14/h2-7H,1H3/q+1. The van der Waals surface area contributed by atoms with E-state index < -0.39 is 0 Å². The minimum Gasteiger partial charge on any atom is -0.489 e. The molecule has 0 amide bonds. The van der Waals surface area contributed by atoms with Crippen LogP contribution in [0.1, 0.15) is 0 Å². The number of furan rings is 1. The first kappa shape index (κ1) is 9.67. The van der Waals surface area contributed by atoms with Crippen LogP contribution in [0.25, 0.3) is 26.9 Å². The number of nitrogens with zero attached hydrogens (tertiary/aromatic N) is 2. The topological polar surface area (TPSA) is 50.5 Å². The monoisotopic (exact) mass is 225 g/mol. The zero-order valence-electron chi connectivity index (χ0n) is 9.18. The number of methoxy groups -OCH3 is 1. The molecule has 0 N–H and O–H groups in total. The van der Waals surface area contributed by atoms with Gasteiger partial charge in [0.05, 0.1) is 13.2 Å². The van der Waals surface area contributed by atoms with Crippen LogP contribution in [0, 0.1) is 5.39 Å². The van der Waals surface area contributed by atoms with Gasteiger partial charge < -0.3 is 9.15 Å². The van der Waals surface area contributed by atoms with Gasteiger partial charge in [0.25, 0.3) is 0 Å². The van der Waals surface area contributed by atoms with Crippen molar-refractivity contribution in [3.63, 3.8) is 0 Å². The summed E-state index contributed by atoms with van der Waals surface area (Å²) in [7, 11) is 1.54. The molecule has 17 heavy (non-hydrogen) atoms. The molecule has 0 atom stereocenters. The zero-order valence-corrected chi connectivity index (χ0v) is 9.18. The normalized spacial score (nSPS) is 10.6. The zero-order chi connectivity index (χ0) is 11.8. The second kappa shape index (κ2) is 3.49. The first-order valence-corrected chi connectivity index (χ1v) is 5.18. The van der Waals surface area contributed by atoms with Gasteiger partial charge >= 0.3 is 5.69 Å². The highest BCUT2D eigenvalue weighted by Gasteiger charge is 2.19. The molecule has 3 aromatic rings. The summed E-state index contributed by atoms with van der Waals surface area (Å²) < 4.78 is 10.8. The van der Waals surface area contributed by atoms with Gasteiger partial charge in [-0.3, -0.25) is 0 Å². The summed E-state index contributed by atoms with van der Waals surface area (Å²) in [5.41, 5.74) is 1.85. The Kier molecular flexibility index (Phi) is 1.99. The summed E-state index contributed by atoms with van der Waals surface area (Å²) in [6, 6.07) is 11.2. The molecule has 0 radical (unpaired) electrons. The maximum absolute atomic E-state index is 8.89. The Morgan fingerprint density at radius 2 is 1.94 bits per heavy atom. The molecule has 0 aliphatic rings. The van der Waals surface area contributed by atoms with Crippen molar-refractivity contribution in [2.45, 2.75) is 0 Å². The average Bonchev–Trinajstić information content (AvgIpc) is 2.74. The third kappa shape index (κ3) is 1.33. The highest BCUT2D eigenvalue weighted by molar-refractivity contribution is 6.06. The molecule has 1 aromatic heterocycles. The summed E-state index contributed by atoms with van der Waals surface area (Å²) in [4.78, 5) is 3.18. The van der Waals surface area contributed by atoms with E-state index in [2.05, 4.69) is 4.98 Å². The highest BCUT2D eigenvalue weighted by atomic mass is 16.5. The molecule has 82 valence electrons. The molecule has 0 bridgehead atoms. The number of fused-ring (bicyclic) bond motifs is 3. The van der Waals surface area contributed by atoms with Crippen LogP contribution < -0.4 is 4.74 Å². The number of diazo groups is 1. The molecule has 4 heteroatoms. The van der Waals surface area contributed by atoms with Crippen LogP contribution >= 0.6 is 0 Å². The van der Waals surface area contributed by atoms with Gasteiger partial charge in [0.1, 0.15) is 11.2 Å². The lowest BCUT2D eigenvalue weighted by Gasteiger charge is -1.95. The van der Waals surface area contributed by atoms with Crippen LogP contribution in [0.4, 0.5) is 5.69 Å². The average molecular weight is 225 g/mol. The fourth-order valence-corrected chi connectivity index (χ4v) is 1.98. The van der Waals surface area contributed by atoms with Crippen LogP contribution in [0.5, 0.6) is 5.75 Å².